The van der Waals surface area contributed by atoms with Crippen molar-refractivity contribution in [3.8, 4) is 0 Å². The van der Waals surface area contributed by atoms with Gasteiger partial charge in [-0.05, 0) is 24.8 Å². The van der Waals surface area contributed by atoms with Crippen molar-refractivity contribution in [2.45, 2.75) is 32.1 Å². The summed E-state index contributed by atoms with van der Waals surface area (Å²) in [5.74, 6) is 0.586. The highest BCUT2D eigenvalue weighted by Gasteiger charge is 2.34. The molecule has 0 radical (unpaired) electrons. The lowest BCUT2D eigenvalue weighted by molar-refractivity contribution is -0.131. The number of hydrogen-bond donors (Lipinski definition) is 2. The third-order valence-electron chi connectivity index (χ3n) is 4.73. The SMILES string of the molecule is CC[C@@H]1C/C(=C/C(=O)O)C[C@@H]1c1nnc2cnc3[nH]ccc3n12. The van der Waals surface area contributed by atoms with E-state index in [-0.39, 0.29) is 5.92 Å². The summed E-state index contributed by atoms with van der Waals surface area (Å²) in [5.41, 5.74) is 3.45. The van der Waals surface area contributed by atoms with Gasteiger partial charge in [0.15, 0.2) is 11.3 Å². The number of H-pyrrole nitrogens is 1. The molecule has 3 aromatic heterocycles. The van der Waals surface area contributed by atoms with Gasteiger partial charge in [-0.2, -0.15) is 0 Å². The third-order valence-corrected chi connectivity index (χ3v) is 4.73. The highest BCUT2D eigenvalue weighted by molar-refractivity contribution is 5.80. The Balaban J connectivity index is 1.85. The van der Waals surface area contributed by atoms with E-state index in [1.165, 1.54) is 6.08 Å². The molecule has 7 heteroatoms. The number of aliphatic carboxylic acids is 1. The van der Waals surface area contributed by atoms with Gasteiger partial charge in [0.2, 0.25) is 0 Å². The summed E-state index contributed by atoms with van der Waals surface area (Å²) in [5, 5.41) is 17.7. The second-order valence-electron chi connectivity index (χ2n) is 6.05. The van der Waals surface area contributed by atoms with Crippen molar-refractivity contribution in [1.82, 2.24) is 24.6 Å². The summed E-state index contributed by atoms with van der Waals surface area (Å²) in [6, 6.07) is 1.96. The van der Waals surface area contributed by atoms with E-state index >= 15 is 0 Å². The fraction of sp³-hybridized carbons (Fsp3) is 0.375. The number of carboxylic acid groups (broad SMARTS) is 1. The molecule has 0 aromatic carbocycles. The van der Waals surface area contributed by atoms with E-state index in [9.17, 15) is 4.79 Å². The molecule has 2 N–H and O–H groups in total. The summed E-state index contributed by atoms with van der Waals surface area (Å²) in [6.07, 6.45) is 7.42. The van der Waals surface area contributed by atoms with Crippen molar-refractivity contribution in [3.63, 3.8) is 0 Å². The first-order valence-electron chi connectivity index (χ1n) is 7.77. The lowest BCUT2D eigenvalue weighted by Gasteiger charge is -2.15. The Morgan fingerprint density at radius 3 is 3.13 bits per heavy atom. The zero-order valence-corrected chi connectivity index (χ0v) is 12.7. The summed E-state index contributed by atoms with van der Waals surface area (Å²) < 4.78 is 2.04. The average Bonchev–Trinajstić information content (AvgIpc) is 3.22. The lowest BCUT2D eigenvalue weighted by atomic mass is 9.93. The van der Waals surface area contributed by atoms with Gasteiger partial charge in [0.1, 0.15) is 5.82 Å². The number of aromatic nitrogens is 5. The molecule has 1 aliphatic rings. The highest BCUT2D eigenvalue weighted by atomic mass is 16.4. The number of carboxylic acids is 1. The Morgan fingerprint density at radius 1 is 1.48 bits per heavy atom. The molecule has 0 amide bonds. The number of carbonyl (C=O) groups is 1. The zero-order chi connectivity index (χ0) is 16.0. The zero-order valence-electron chi connectivity index (χ0n) is 12.7. The van der Waals surface area contributed by atoms with E-state index in [0.717, 1.165) is 47.5 Å². The van der Waals surface area contributed by atoms with Crippen molar-refractivity contribution in [2.75, 3.05) is 0 Å². The first-order chi connectivity index (χ1) is 11.2. The van der Waals surface area contributed by atoms with Crippen LogP contribution in [0.1, 0.15) is 37.9 Å². The molecule has 7 nitrogen and oxygen atoms in total. The van der Waals surface area contributed by atoms with Crippen LogP contribution in [-0.4, -0.2) is 35.6 Å². The van der Waals surface area contributed by atoms with Gasteiger partial charge in [0.25, 0.3) is 0 Å². The Morgan fingerprint density at radius 2 is 2.35 bits per heavy atom. The van der Waals surface area contributed by atoms with Crippen LogP contribution in [0.2, 0.25) is 0 Å². The molecule has 1 fully saturated rings. The Bertz CT molecular complexity index is 923. The van der Waals surface area contributed by atoms with Crippen molar-refractivity contribution in [2.24, 2.45) is 5.92 Å². The van der Waals surface area contributed by atoms with Crippen LogP contribution in [-0.2, 0) is 4.79 Å². The Labute approximate surface area is 132 Å². The number of aromatic amines is 1. The number of nitrogens with one attached hydrogen (secondary N) is 1. The molecule has 0 spiro atoms. The predicted molar refractivity (Wildman–Crippen MR) is 84.1 cm³/mol. The summed E-state index contributed by atoms with van der Waals surface area (Å²) in [4.78, 5) is 18.4. The average molecular weight is 311 g/mol. The van der Waals surface area contributed by atoms with Gasteiger partial charge in [-0.25, -0.2) is 9.78 Å². The third kappa shape index (κ3) is 2.19. The quantitative estimate of drug-likeness (QED) is 0.725. The van der Waals surface area contributed by atoms with Gasteiger partial charge in [-0.15, -0.1) is 10.2 Å². The Hall–Kier alpha value is -2.70. The predicted octanol–water partition coefficient (Wildman–Crippen LogP) is 2.52. The van der Waals surface area contributed by atoms with Crippen LogP contribution in [0.4, 0.5) is 0 Å². The second kappa shape index (κ2) is 5.19. The topological polar surface area (TPSA) is 96.2 Å². The van der Waals surface area contributed by atoms with E-state index in [4.69, 9.17) is 5.11 Å². The van der Waals surface area contributed by atoms with Gasteiger partial charge < -0.3 is 10.1 Å². The van der Waals surface area contributed by atoms with Crippen LogP contribution in [0.15, 0.2) is 30.1 Å². The molecule has 3 heterocycles. The van der Waals surface area contributed by atoms with Crippen LogP contribution in [0, 0.1) is 5.92 Å². The largest absolute Gasteiger partial charge is 0.478 e. The molecule has 0 unspecified atom stereocenters. The molecule has 2 atom stereocenters. The first-order valence-corrected chi connectivity index (χ1v) is 7.77. The monoisotopic (exact) mass is 311 g/mol. The number of rotatable bonds is 3. The molecule has 118 valence electrons. The minimum Gasteiger partial charge on any atom is -0.478 e. The molecular weight excluding hydrogens is 294 g/mol. The number of fused-ring (bicyclic) bond motifs is 3. The highest BCUT2D eigenvalue weighted by Crippen LogP contribution is 2.44. The fourth-order valence-electron chi connectivity index (χ4n) is 3.67. The molecule has 0 bridgehead atoms. The normalized spacial score (nSPS) is 23.3. The molecule has 1 aliphatic carbocycles. The standard InChI is InChI=1S/C16H17N5O2/c1-2-10-5-9(7-14(22)23)6-11(10)16-20-19-13-8-18-15-12(21(13)16)3-4-17-15/h3-4,7-8,10-11,17H,2,5-6H2,1H3,(H,22,23)/b9-7-/t10-,11+/m1/s1. The van der Waals surface area contributed by atoms with E-state index in [2.05, 4.69) is 27.1 Å². The molecule has 23 heavy (non-hydrogen) atoms. The molecule has 0 aliphatic heterocycles. The van der Waals surface area contributed by atoms with E-state index in [1.807, 2.05) is 16.7 Å². The van der Waals surface area contributed by atoms with Crippen molar-refractivity contribution in [1.29, 1.82) is 0 Å². The summed E-state index contributed by atoms with van der Waals surface area (Å²) >= 11 is 0. The minimum atomic E-state index is -0.876. The number of allylic oxidation sites excluding steroid dienone is 1. The molecular formula is C16H17N5O2. The lowest BCUT2D eigenvalue weighted by Crippen LogP contribution is -2.09. The van der Waals surface area contributed by atoms with Gasteiger partial charge in [-0.1, -0.05) is 18.9 Å². The van der Waals surface area contributed by atoms with Gasteiger partial charge in [-0.3, -0.25) is 4.40 Å². The van der Waals surface area contributed by atoms with Crippen molar-refractivity contribution >= 4 is 22.8 Å². The molecule has 0 saturated heterocycles. The minimum absolute atomic E-state index is 0.182. The molecule has 1 saturated carbocycles. The Kier molecular flexibility index (Phi) is 3.14. The van der Waals surface area contributed by atoms with E-state index in [1.54, 1.807) is 6.20 Å². The van der Waals surface area contributed by atoms with Crippen LogP contribution in [0.3, 0.4) is 0 Å². The maximum atomic E-state index is 11.0. The number of nitrogens with zero attached hydrogens (tertiary/aromatic N) is 4. The van der Waals surface area contributed by atoms with Gasteiger partial charge in [0.05, 0.1) is 11.7 Å². The van der Waals surface area contributed by atoms with E-state index in [0.29, 0.717) is 5.92 Å². The summed E-state index contributed by atoms with van der Waals surface area (Å²) in [6.45, 7) is 2.14. The van der Waals surface area contributed by atoms with Crippen LogP contribution in [0.5, 0.6) is 0 Å². The number of hydrogen-bond acceptors (Lipinski definition) is 4. The fourth-order valence-corrected chi connectivity index (χ4v) is 3.67. The van der Waals surface area contributed by atoms with Crippen LogP contribution < -0.4 is 0 Å². The maximum absolute atomic E-state index is 11.0. The molecule has 3 aromatic rings. The first kappa shape index (κ1) is 13.9. The van der Waals surface area contributed by atoms with Crippen LogP contribution in [0.25, 0.3) is 16.8 Å². The van der Waals surface area contributed by atoms with Gasteiger partial charge in [0, 0.05) is 18.2 Å². The van der Waals surface area contributed by atoms with Crippen molar-refractivity contribution < 1.29 is 9.90 Å². The van der Waals surface area contributed by atoms with Gasteiger partial charge >= 0.3 is 5.97 Å². The van der Waals surface area contributed by atoms with Crippen molar-refractivity contribution in [3.05, 3.63) is 35.9 Å². The van der Waals surface area contributed by atoms with Crippen LogP contribution >= 0.6 is 0 Å². The second-order valence-corrected chi connectivity index (χ2v) is 6.05. The smallest absolute Gasteiger partial charge is 0.328 e. The summed E-state index contributed by atoms with van der Waals surface area (Å²) in [7, 11) is 0. The van der Waals surface area contributed by atoms with E-state index < -0.39 is 5.97 Å². The maximum Gasteiger partial charge on any atom is 0.328 e. The molecule has 4 rings (SSSR count).